The standard InChI is InChI=1S/C21H24N8O/c1-24-18-9-14(8-15-12-28(2)7-4-17(15)18)19-11-25-20(23)21(27-19)30-16-10-26-29(13-16)6-3-5-22/h8-11,13,24H,3-4,6-7,12H2,1-2H3,(H2,23,25). The summed E-state index contributed by atoms with van der Waals surface area (Å²) in [7, 11) is 4.06. The number of nitriles is 1. The Bertz CT molecular complexity index is 1100. The van der Waals surface area contributed by atoms with Crippen molar-refractivity contribution in [1.82, 2.24) is 24.6 Å². The van der Waals surface area contributed by atoms with Gasteiger partial charge in [-0.3, -0.25) is 4.68 Å². The summed E-state index contributed by atoms with van der Waals surface area (Å²) in [6, 6.07) is 6.35. The molecule has 0 atom stereocenters. The van der Waals surface area contributed by atoms with Gasteiger partial charge in [0.05, 0.1) is 43.3 Å². The third kappa shape index (κ3) is 4.04. The molecule has 0 radical (unpaired) electrons. The number of aromatic nitrogens is 4. The minimum absolute atomic E-state index is 0.204. The normalized spacial score (nSPS) is 13.5. The number of aryl methyl sites for hydroxylation is 1. The van der Waals surface area contributed by atoms with Crippen LogP contribution in [-0.2, 0) is 19.5 Å². The zero-order chi connectivity index (χ0) is 21.1. The van der Waals surface area contributed by atoms with Gasteiger partial charge in [-0.15, -0.1) is 0 Å². The number of nitrogens with zero attached hydrogens (tertiary/aromatic N) is 6. The second kappa shape index (κ2) is 8.39. The fourth-order valence-electron chi connectivity index (χ4n) is 3.60. The van der Waals surface area contributed by atoms with Gasteiger partial charge in [-0.1, -0.05) is 0 Å². The maximum Gasteiger partial charge on any atom is 0.263 e. The highest BCUT2D eigenvalue weighted by atomic mass is 16.5. The lowest BCUT2D eigenvalue weighted by Crippen LogP contribution is -2.27. The molecule has 2 aromatic heterocycles. The topological polar surface area (TPSA) is 118 Å². The van der Waals surface area contributed by atoms with Crippen LogP contribution in [0.4, 0.5) is 11.5 Å². The Kier molecular flexibility index (Phi) is 5.50. The Morgan fingerprint density at radius 3 is 3.00 bits per heavy atom. The van der Waals surface area contributed by atoms with Crippen molar-refractivity contribution in [3.05, 3.63) is 41.9 Å². The number of nitrogens with one attached hydrogen (secondary N) is 1. The highest BCUT2D eigenvalue weighted by Gasteiger charge is 2.19. The first-order valence-electron chi connectivity index (χ1n) is 9.79. The first-order valence-corrected chi connectivity index (χ1v) is 9.79. The van der Waals surface area contributed by atoms with Crippen LogP contribution < -0.4 is 15.8 Å². The molecule has 0 spiro atoms. The number of hydrogen-bond acceptors (Lipinski definition) is 8. The fourth-order valence-corrected chi connectivity index (χ4v) is 3.60. The van der Waals surface area contributed by atoms with Crippen LogP contribution >= 0.6 is 0 Å². The maximum absolute atomic E-state index is 8.71. The van der Waals surface area contributed by atoms with Crippen molar-refractivity contribution in [2.45, 2.75) is 25.9 Å². The summed E-state index contributed by atoms with van der Waals surface area (Å²) in [4.78, 5) is 11.2. The molecule has 1 aromatic carbocycles. The van der Waals surface area contributed by atoms with Crippen molar-refractivity contribution < 1.29 is 4.74 Å². The molecule has 0 saturated heterocycles. The maximum atomic E-state index is 8.71. The molecule has 1 aliphatic rings. The van der Waals surface area contributed by atoms with E-state index in [2.05, 4.69) is 50.5 Å². The lowest BCUT2D eigenvalue weighted by molar-refractivity contribution is 0.313. The lowest BCUT2D eigenvalue weighted by atomic mass is 9.94. The molecular formula is C21H24N8O. The summed E-state index contributed by atoms with van der Waals surface area (Å²) in [5.41, 5.74) is 11.4. The number of nitrogen functional groups attached to an aromatic ring is 1. The SMILES string of the molecule is CNc1cc(-c2cnc(N)c(Oc3cnn(CCC#N)c3)n2)cc2c1CCN(C)C2. The number of likely N-dealkylation sites (N-methyl/N-ethyl adjacent to an activating group) is 1. The molecule has 0 saturated carbocycles. The van der Waals surface area contributed by atoms with Gasteiger partial charge in [0.25, 0.3) is 5.88 Å². The first-order chi connectivity index (χ1) is 14.6. The Hall–Kier alpha value is -3.64. The number of benzene rings is 1. The second-order valence-electron chi connectivity index (χ2n) is 7.29. The summed E-state index contributed by atoms with van der Waals surface area (Å²) in [5, 5.41) is 16.2. The molecule has 154 valence electrons. The largest absolute Gasteiger partial charge is 0.433 e. The third-order valence-electron chi connectivity index (χ3n) is 5.14. The zero-order valence-corrected chi connectivity index (χ0v) is 17.1. The van der Waals surface area contributed by atoms with Crippen molar-refractivity contribution in [3.63, 3.8) is 0 Å². The van der Waals surface area contributed by atoms with Crippen molar-refractivity contribution in [2.75, 3.05) is 31.7 Å². The van der Waals surface area contributed by atoms with E-state index in [1.165, 1.54) is 11.1 Å². The highest BCUT2D eigenvalue weighted by Crippen LogP contribution is 2.33. The summed E-state index contributed by atoms with van der Waals surface area (Å²) < 4.78 is 7.47. The quantitative estimate of drug-likeness (QED) is 0.644. The van der Waals surface area contributed by atoms with Crippen molar-refractivity contribution in [2.24, 2.45) is 0 Å². The molecule has 4 rings (SSSR count). The molecule has 0 aliphatic carbocycles. The zero-order valence-electron chi connectivity index (χ0n) is 17.1. The molecule has 0 amide bonds. The molecule has 1 aliphatic heterocycles. The van der Waals surface area contributed by atoms with Gasteiger partial charge in [0.1, 0.15) is 0 Å². The van der Waals surface area contributed by atoms with Gasteiger partial charge in [-0.05, 0) is 36.7 Å². The van der Waals surface area contributed by atoms with Crippen LogP contribution in [0.1, 0.15) is 17.5 Å². The summed E-state index contributed by atoms with van der Waals surface area (Å²) in [5.74, 6) is 0.928. The Morgan fingerprint density at radius 1 is 1.33 bits per heavy atom. The number of rotatable bonds is 6. The van der Waals surface area contributed by atoms with Gasteiger partial charge < -0.3 is 20.7 Å². The van der Waals surface area contributed by atoms with Gasteiger partial charge >= 0.3 is 0 Å². The minimum Gasteiger partial charge on any atom is -0.433 e. The van der Waals surface area contributed by atoms with Crippen LogP contribution in [0.5, 0.6) is 11.6 Å². The van der Waals surface area contributed by atoms with Gasteiger partial charge in [0, 0.05) is 31.4 Å². The van der Waals surface area contributed by atoms with E-state index in [9.17, 15) is 0 Å². The predicted molar refractivity (Wildman–Crippen MR) is 114 cm³/mol. The lowest BCUT2D eigenvalue weighted by Gasteiger charge is -2.27. The van der Waals surface area contributed by atoms with E-state index in [0.29, 0.717) is 24.4 Å². The fraction of sp³-hybridized carbons (Fsp3) is 0.333. The Labute approximate surface area is 175 Å². The van der Waals surface area contributed by atoms with E-state index in [4.69, 9.17) is 15.7 Å². The number of fused-ring (bicyclic) bond motifs is 1. The monoisotopic (exact) mass is 404 g/mol. The van der Waals surface area contributed by atoms with Gasteiger partial charge in [0.15, 0.2) is 11.6 Å². The van der Waals surface area contributed by atoms with Gasteiger partial charge in [-0.2, -0.15) is 10.4 Å². The van der Waals surface area contributed by atoms with Crippen molar-refractivity contribution in [1.29, 1.82) is 5.26 Å². The number of anilines is 2. The smallest absolute Gasteiger partial charge is 0.263 e. The average molecular weight is 404 g/mol. The molecule has 0 unspecified atom stereocenters. The molecule has 9 nitrogen and oxygen atoms in total. The van der Waals surface area contributed by atoms with Crippen LogP contribution in [0.15, 0.2) is 30.7 Å². The molecule has 9 heteroatoms. The first kappa shape index (κ1) is 19.7. The summed E-state index contributed by atoms with van der Waals surface area (Å²) in [6.07, 6.45) is 6.32. The van der Waals surface area contributed by atoms with Crippen molar-refractivity contribution >= 4 is 11.5 Å². The second-order valence-corrected chi connectivity index (χ2v) is 7.29. The van der Waals surface area contributed by atoms with Crippen LogP contribution in [-0.4, -0.2) is 45.3 Å². The van der Waals surface area contributed by atoms with Crippen molar-refractivity contribution in [3.8, 4) is 29.0 Å². The van der Waals surface area contributed by atoms with E-state index in [1.807, 2.05) is 7.05 Å². The molecule has 3 aromatic rings. The van der Waals surface area contributed by atoms with Gasteiger partial charge in [0.2, 0.25) is 0 Å². The number of nitrogens with two attached hydrogens (primary N) is 1. The van der Waals surface area contributed by atoms with E-state index in [0.717, 1.165) is 30.8 Å². The van der Waals surface area contributed by atoms with Crippen LogP contribution in [0.2, 0.25) is 0 Å². The predicted octanol–water partition coefficient (Wildman–Crippen LogP) is 2.66. The highest BCUT2D eigenvalue weighted by molar-refractivity contribution is 5.70. The van der Waals surface area contributed by atoms with Crippen LogP contribution in [0.25, 0.3) is 11.3 Å². The molecule has 0 bridgehead atoms. The van der Waals surface area contributed by atoms with Gasteiger partial charge in [-0.25, -0.2) is 9.97 Å². The number of ether oxygens (including phenoxy) is 1. The molecular weight excluding hydrogens is 380 g/mol. The minimum atomic E-state index is 0.204. The molecule has 0 fully saturated rings. The van der Waals surface area contributed by atoms with E-state index < -0.39 is 0 Å². The number of hydrogen-bond donors (Lipinski definition) is 2. The van der Waals surface area contributed by atoms with E-state index >= 15 is 0 Å². The Morgan fingerprint density at radius 2 is 2.20 bits per heavy atom. The summed E-state index contributed by atoms with van der Waals surface area (Å²) >= 11 is 0. The van der Waals surface area contributed by atoms with Crippen LogP contribution in [0, 0.1) is 11.3 Å². The molecule has 3 heterocycles. The molecule has 3 N–H and O–H groups in total. The van der Waals surface area contributed by atoms with E-state index in [1.54, 1.807) is 23.3 Å². The third-order valence-corrected chi connectivity index (χ3v) is 5.14. The summed E-state index contributed by atoms with van der Waals surface area (Å²) in [6.45, 7) is 2.44. The average Bonchev–Trinajstić information content (AvgIpc) is 3.20. The molecule has 30 heavy (non-hydrogen) atoms. The van der Waals surface area contributed by atoms with E-state index in [-0.39, 0.29) is 11.7 Å². The van der Waals surface area contributed by atoms with Crippen LogP contribution in [0.3, 0.4) is 0 Å². The Balaban J connectivity index is 1.64.